The Morgan fingerprint density at radius 3 is 2.78 bits per heavy atom. The molecular formula is C14H30N2O2. The molecule has 0 heterocycles. The fraction of sp³-hybridized carbons (Fsp3) is 1.00. The topological polar surface area (TPSA) is 58.7 Å². The van der Waals surface area contributed by atoms with Crippen molar-refractivity contribution in [1.29, 1.82) is 0 Å². The number of aliphatic hydroxyl groups excluding tert-OH is 1. The molecule has 1 rings (SSSR count). The molecule has 4 heteroatoms. The van der Waals surface area contributed by atoms with E-state index in [1.807, 2.05) is 0 Å². The number of methoxy groups -OCH3 is 1. The van der Waals surface area contributed by atoms with E-state index in [9.17, 15) is 0 Å². The highest BCUT2D eigenvalue weighted by molar-refractivity contribution is 4.89. The smallest absolute Gasteiger partial charge is 0.0589 e. The minimum Gasteiger partial charge on any atom is -0.395 e. The summed E-state index contributed by atoms with van der Waals surface area (Å²) in [5.41, 5.74) is 6.30. The molecule has 0 aromatic heterocycles. The van der Waals surface area contributed by atoms with Gasteiger partial charge in [0.2, 0.25) is 0 Å². The summed E-state index contributed by atoms with van der Waals surface area (Å²) in [4.78, 5) is 2.30. The van der Waals surface area contributed by atoms with Crippen LogP contribution in [0.15, 0.2) is 0 Å². The van der Waals surface area contributed by atoms with Crippen molar-refractivity contribution in [1.82, 2.24) is 4.90 Å². The highest BCUT2D eigenvalue weighted by Gasteiger charge is 2.35. The van der Waals surface area contributed by atoms with Crippen molar-refractivity contribution in [2.45, 2.75) is 32.6 Å². The minimum absolute atomic E-state index is 0.208. The molecule has 0 spiro atoms. The van der Waals surface area contributed by atoms with Gasteiger partial charge in [0.15, 0.2) is 0 Å². The van der Waals surface area contributed by atoms with Gasteiger partial charge in [0.05, 0.1) is 13.2 Å². The van der Waals surface area contributed by atoms with Gasteiger partial charge >= 0.3 is 0 Å². The Kier molecular flexibility index (Phi) is 7.15. The average molecular weight is 258 g/mol. The first-order valence-electron chi connectivity index (χ1n) is 7.18. The van der Waals surface area contributed by atoms with E-state index in [0.29, 0.717) is 0 Å². The van der Waals surface area contributed by atoms with Crippen molar-refractivity contribution in [3.63, 3.8) is 0 Å². The maximum atomic E-state index is 9.16. The molecule has 0 radical (unpaired) electrons. The van der Waals surface area contributed by atoms with E-state index in [0.717, 1.165) is 38.7 Å². The number of hydrogen-bond acceptors (Lipinski definition) is 4. The zero-order chi connectivity index (χ0) is 13.4. The van der Waals surface area contributed by atoms with Crippen molar-refractivity contribution < 1.29 is 9.84 Å². The second-order valence-corrected chi connectivity index (χ2v) is 5.90. The largest absolute Gasteiger partial charge is 0.395 e. The zero-order valence-corrected chi connectivity index (χ0v) is 12.0. The minimum atomic E-state index is 0.208. The molecule has 4 nitrogen and oxygen atoms in total. The van der Waals surface area contributed by atoms with Gasteiger partial charge in [0.1, 0.15) is 0 Å². The van der Waals surface area contributed by atoms with Gasteiger partial charge < -0.3 is 15.6 Å². The van der Waals surface area contributed by atoms with E-state index < -0.39 is 0 Å². The maximum absolute atomic E-state index is 9.16. The van der Waals surface area contributed by atoms with Crippen LogP contribution in [0.4, 0.5) is 0 Å². The fourth-order valence-corrected chi connectivity index (χ4v) is 3.27. The van der Waals surface area contributed by atoms with Crippen molar-refractivity contribution in [3.8, 4) is 0 Å². The van der Waals surface area contributed by atoms with Crippen molar-refractivity contribution in [3.05, 3.63) is 0 Å². The molecule has 3 N–H and O–H groups in total. The van der Waals surface area contributed by atoms with Crippen LogP contribution in [0.25, 0.3) is 0 Å². The van der Waals surface area contributed by atoms with Crippen LogP contribution < -0.4 is 5.73 Å². The van der Waals surface area contributed by atoms with Gasteiger partial charge in [-0.05, 0) is 30.7 Å². The second-order valence-electron chi connectivity index (χ2n) is 5.90. The second kappa shape index (κ2) is 8.10. The summed E-state index contributed by atoms with van der Waals surface area (Å²) >= 11 is 0. The lowest BCUT2D eigenvalue weighted by atomic mass is 9.69. The SMILES string of the molecule is COCCN(CCO)CC1(CN)CCCC(C)C1. The number of nitrogens with two attached hydrogens (primary N) is 1. The monoisotopic (exact) mass is 258 g/mol. The Morgan fingerprint density at radius 2 is 2.22 bits per heavy atom. The summed E-state index contributed by atoms with van der Waals surface area (Å²) in [6.45, 7) is 6.61. The highest BCUT2D eigenvalue weighted by atomic mass is 16.5. The van der Waals surface area contributed by atoms with Crippen LogP contribution in [0.1, 0.15) is 32.6 Å². The van der Waals surface area contributed by atoms with E-state index >= 15 is 0 Å². The first-order chi connectivity index (χ1) is 8.65. The maximum Gasteiger partial charge on any atom is 0.0589 e. The van der Waals surface area contributed by atoms with Gasteiger partial charge in [-0.25, -0.2) is 0 Å². The van der Waals surface area contributed by atoms with Crippen LogP contribution in [0.3, 0.4) is 0 Å². The molecule has 0 bridgehead atoms. The normalized spacial score (nSPS) is 28.8. The van der Waals surface area contributed by atoms with Crippen LogP contribution in [-0.4, -0.2) is 56.5 Å². The zero-order valence-electron chi connectivity index (χ0n) is 12.0. The summed E-state index contributed by atoms with van der Waals surface area (Å²) < 4.78 is 5.14. The summed E-state index contributed by atoms with van der Waals surface area (Å²) in [5, 5.41) is 9.16. The third-order valence-corrected chi connectivity index (χ3v) is 4.21. The van der Waals surface area contributed by atoms with Crippen LogP contribution in [-0.2, 0) is 4.74 Å². The summed E-state index contributed by atoms with van der Waals surface area (Å²) in [6, 6.07) is 0. The Balaban J connectivity index is 2.56. The van der Waals surface area contributed by atoms with Gasteiger partial charge in [-0.2, -0.15) is 0 Å². The quantitative estimate of drug-likeness (QED) is 0.684. The molecule has 0 aliphatic heterocycles. The molecule has 2 atom stereocenters. The van der Waals surface area contributed by atoms with Crippen LogP contribution in [0.5, 0.6) is 0 Å². The lowest BCUT2D eigenvalue weighted by Gasteiger charge is -2.42. The molecule has 1 fully saturated rings. The molecule has 1 aliphatic rings. The number of nitrogens with zero attached hydrogens (tertiary/aromatic N) is 1. The first-order valence-corrected chi connectivity index (χ1v) is 7.18. The average Bonchev–Trinajstić information content (AvgIpc) is 2.36. The van der Waals surface area contributed by atoms with Crippen LogP contribution in [0, 0.1) is 11.3 Å². The molecule has 2 unspecified atom stereocenters. The van der Waals surface area contributed by atoms with E-state index in [2.05, 4.69) is 11.8 Å². The Labute approximate surface area is 111 Å². The fourth-order valence-electron chi connectivity index (χ4n) is 3.27. The molecule has 1 aliphatic carbocycles. The summed E-state index contributed by atoms with van der Waals surface area (Å²) in [7, 11) is 1.72. The first kappa shape index (κ1) is 15.9. The van der Waals surface area contributed by atoms with Crippen LogP contribution >= 0.6 is 0 Å². The predicted molar refractivity (Wildman–Crippen MR) is 74.5 cm³/mol. The highest BCUT2D eigenvalue weighted by Crippen LogP contribution is 2.39. The Hall–Kier alpha value is -0.160. The van der Waals surface area contributed by atoms with Gasteiger partial charge in [-0.1, -0.05) is 19.8 Å². The molecule has 1 saturated carbocycles. The molecule has 108 valence electrons. The lowest BCUT2D eigenvalue weighted by molar-refractivity contribution is 0.0601. The number of rotatable bonds is 8. The molecule has 0 aromatic carbocycles. The van der Waals surface area contributed by atoms with E-state index in [1.165, 1.54) is 25.7 Å². The van der Waals surface area contributed by atoms with E-state index in [1.54, 1.807) is 7.11 Å². The Morgan fingerprint density at radius 1 is 1.44 bits per heavy atom. The van der Waals surface area contributed by atoms with Crippen molar-refractivity contribution in [2.24, 2.45) is 17.1 Å². The number of ether oxygens (including phenoxy) is 1. The third kappa shape index (κ3) is 4.84. The summed E-state index contributed by atoms with van der Waals surface area (Å²) in [6.07, 6.45) is 5.07. The molecule has 0 amide bonds. The van der Waals surface area contributed by atoms with Crippen LogP contribution in [0.2, 0.25) is 0 Å². The molecule has 0 aromatic rings. The molecule has 18 heavy (non-hydrogen) atoms. The predicted octanol–water partition coefficient (Wildman–Crippen LogP) is 1.08. The number of aliphatic hydroxyl groups is 1. The van der Waals surface area contributed by atoms with Gasteiger partial charge in [0, 0.05) is 26.7 Å². The van der Waals surface area contributed by atoms with Gasteiger partial charge in [-0.15, -0.1) is 0 Å². The number of hydrogen-bond donors (Lipinski definition) is 2. The summed E-state index contributed by atoms with van der Waals surface area (Å²) in [5.74, 6) is 0.778. The van der Waals surface area contributed by atoms with E-state index in [-0.39, 0.29) is 12.0 Å². The third-order valence-electron chi connectivity index (χ3n) is 4.21. The lowest BCUT2D eigenvalue weighted by Crippen LogP contribution is -2.46. The Bertz CT molecular complexity index is 226. The van der Waals surface area contributed by atoms with Crippen molar-refractivity contribution in [2.75, 3.05) is 46.5 Å². The standard InChI is InChI=1S/C14H30N2O2/c1-13-4-3-5-14(10-13,11-15)12-16(6-8-17)7-9-18-2/h13,17H,3-12,15H2,1-2H3. The molecular weight excluding hydrogens is 228 g/mol. The van der Waals surface area contributed by atoms with Gasteiger partial charge in [-0.3, -0.25) is 4.90 Å². The molecule has 0 saturated heterocycles. The van der Waals surface area contributed by atoms with Crippen molar-refractivity contribution >= 4 is 0 Å². The van der Waals surface area contributed by atoms with Gasteiger partial charge in [0.25, 0.3) is 0 Å². The van der Waals surface area contributed by atoms with E-state index in [4.69, 9.17) is 15.6 Å².